The van der Waals surface area contributed by atoms with Crippen LogP contribution < -0.4 is 5.32 Å². The van der Waals surface area contributed by atoms with Crippen LogP contribution in [0.15, 0.2) is 77.8 Å². The van der Waals surface area contributed by atoms with Gasteiger partial charge >= 0.3 is 0 Å². The highest BCUT2D eigenvalue weighted by atomic mass is 35.5. The molecule has 0 spiro atoms. The lowest BCUT2D eigenvalue weighted by atomic mass is 10.1. The molecule has 0 radical (unpaired) electrons. The normalized spacial score (nSPS) is 15.9. The van der Waals surface area contributed by atoms with Crippen LogP contribution in [0, 0.1) is 0 Å². The van der Waals surface area contributed by atoms with E-state index >= 15 is 0 Å². The molecule has 3 aromatic rings. The molecular weight excluding hydrogens is 420 g/mol. The van der Waals surface area contributed by atoms with Gasteiger partial charge in [0, 0.05) is 49.0 Å². The molecule has 164 valence electrons. The largest absolute Gasteiger partial charge is 0.375 e. The number of para-hydroxylation sites is 1. The molecule has 6 heteroatoms. The first kappa shape index (κ1) is 21.0. The number of anilines is 2. The van der Waals surface area contributed by atoms with Gasteiger partial charge in [0.15, 0.2) is 0 Å². The first-order valence-corrected chi connectivity index (χ1v) is 11.5. The van der Waals surface area contributed by atoms with Crippen molar-refractivity contribution in [3.05, 3.63) is 88.9 Å². The quantitative estimate of drug-likeness (QED) is 0.539. The van der Waals surface area contributed by atoms with Crippen LogP contribution in [0.4, 0.5) is 17.1 Å². The number of amidine groups is 1. The van der Waals surface area contributed by atoms with E-state index in [0.29, 0.717) is 11.6 Å². The van der Waals surface area contributed by atoms with E-state index in [4.69, 9.17) is 21.3 Å². The van der Waals surface area contributed by atoms with Crippen molar-refractivity contribution in [2.24, 2.45) is 4.99 Å². The van der Waals surface area contributed by atoms with Crippen LogP contribution in [0.25, 0.3) is 0 Å². The first-order valence-electron chi connectivity index (χ1n) is 11.1. The predicted octanol–water partition coefficient (Wildman–Crippen LogP) is 5.31. The number of nitrogens with zero attached hydrogens (tertiary/aromatic N) is 3. The second kappa shape index (κ2) is 9.74. The van der Waals surface area contributed by atoms with E-state index < -0.39 is 0 Å². The predicted molar refractivity (Wildman–Crippen MR) is 131 cm³/mol. The minimum atomic E-state index is 0.670. The molecule has 2 aliphatic rings. The zero-order valence-electron chi connectivity index (χ0n) is 18.0. The summed E-state index contributed by atoms with van der Waals surface area (Å²) in [5.74, 6) is 1.01. The van der Waals surface area contributed by atoms with Crippen LogP contribution in [-0.4, -0.2) is 55.0 Å². The average molecular weight is 447 g/mol. The molecule has 3 aromatic carbocycles. The fourth-order valence-corrected chi connectivity index (χ4v) is 4.36. The Labute approximate surface area is 194 Å². The van der Waals surface area contributed by atoms with Gasteiger partial charge in [-0.2, -0.15) is 0 Å². The molecule has 0 aliphatic carbocycles. The Morgan fingerprint density at radius 2 is 1.66 bits per heavy atom. The fourth-order valence-electron chi connectivity index (χ4n) is 4.19. The molecule has 1 fully saturated rings. The smallest absolute Gasteiger partial charge is 0.138 e. The molecule has 2 aliphatic heterocycles. The molecule has 0 amide bonds. The topological polar surface area (TPSA) is 40.1 Å². The van der Waals surface area contributed by atoms with Gasteiger partial charge in [0.2, 0.25) is 0 Å². The molecule has 2 heterocycles. The molecule has 5 nitrogen and oxygen atoms in total. The maximum absolute atomic E-state index is 6.26. The van der Waals surface area contributed by atoms with Crippen molar-refractivity contribution in [3.8, 4) is 0 Å². The highest BCUT2D eigenvalue weighted by molar-refractivity contribution is 6.31. The number of ether oxygens (including phenoxy) is 1. The van der Waals surface area contributed by atoms with Gasteiger partial charge in [-0.05, 0) is 35.9 Å². The summed E-state index contributed by atoms with van der Waals surface area (Å²) in [7, 11) is 0. The van der Waals surface area contributed by atoms with Crippen molar-refractivity contribution in [2.75, 3.05) is 44.6 Å². The van der Waals surface area contributed by atoms with Gasteiger partial charge in [-0.1, -0.05) is 54.1 Å². The third-order valence-electron chi connectivity index (χ3n) is 5.96. The molecule has 0 bridgehead atoms. The van der Waals surface area contributed by atoms with Gasteiger partial charge in [0.05, 0.1) is 24.6 Å². The van der Waals surface area contributed by atoms with Crippen LogP contribution in [0.3, 0.4) is 0 Å². The van der Waals surface area contributed by atoms with Gasteiger partial charge in [-0.15, -0.1) is 0 Å². The summed E-state index contributed by atoms with van der Waals surface area (Å²) in [5, 5.41) is 4.22. The molecule has 0 aromatic heterocycles. The number of benzene rings is 3. The summed E-state index contributed by atoms with van der Waals surface area (Å²) in [6, 6.07) is 24.5. The van der Waals surface area contributed by atoms with Crippen molar-refractivity contribution < 1.29 is 4.74 Å². The first-order chi connectivity index (χ1) is 15.8. The Balaban J connectivity index is 1.23. The van der Waals surface area contributed by atoms with E-state index in [-0.39, 0.29) is 0 Å². The number of hydrogen-bond acceptors (Lipinski definition) is 5. The number of rotatable bonds is 5. The van der Waals surface area contributed by atoms with Crippen LogP contribution in [0.1, 0.15) is 11.1 Å². The summed E-state index contributed by atoms with van der Waals surface area (Å²) < 4.78 is 5.88. The zero-order chi connectivity index (χ0) is 21.8. The maximum atomic E-state index is 6.26. The van der Waals surface area contributed by atoms with Crippen molar-refractivity contribution >= 4 is 34.5 Å². The molecule has 1 N–H and O–H groups in total. The number of piperazine rings is 1. The van der Waals surface area contributed by atoms with Gasteiger partial charge in [-0.25, -0.2) is 4.99 Å². The van der Waals surface area contributed by atoms with E-state index in [1.54, 1.807) is 0 Å². The lowest BCUT2D eigenvalue weighted by molar-refractivity contribution is 0.0798. The second-order valence-corrected chi connectivity index (χ2v) is 8.57. The molecule has 1 saturated heterocycles. The van der Waals surface area contributed by atoms with Crippen LogP contribution >= 0.6 is 11.6 Å². The summed E-state index contributed by atoms with van der Waals surface area (Å²) in [4.78, 5) is 9.90. The minimum Gasteiger partial charge on any atom is -0.375 e. The lowest BCUT2D eigenvalue weighted by Crippen LogP contribution is -2.49. The Morgan fingerprint density at radius 3 is 2.50 bits per heavy atom. The molecule has 0 saturated carbocycles. The highest BCUT2D eigenvalue weighted by Gasteiger charge is 2.24. The van der Waals surface area contributed by atoms with Gasteiger partial charge in [0.25, 0.3) is 0 Å². The van der Waals surface area contributed by atoms with Crippen molar-refractivity contribution in [2.45, 2.75) is 6.61 Å². The number of fused-ring (bicyclic) bond motifs is 2. The number of hydrogen-bond donors (Lipinski definition) is 1. The number of nitrogens with one attached hydrogen (secondary N) is 1. The summed E-state index contributed by atoms with van der Waals surface area (Å²) in [6.45, 7) is 6.21. The maximum Gasteiger partial charge on any atom is 0.138 e. The Hall–Kier alpha value is -2.86. The van der Waals surface area contributed by atoms with Crippen LogP contribution in [-0.2, 0) is 11.3 Å². The standard InChI is InChI=1S/C26H27ClN4O/c27-21-10-11-24-25(18-21)29-26(22-8-4-5-9-23(22)28-24)31-14-12-30(13-15-31)16-17-32-19-20-6-2-1-3-7-20/h1-11,18,28H,12-17,19H2. The third kappa shape index (κ3) is 4.80. The van der Waals surface area contributed by atoms with E-state index in [9.17, 15) is 0 Å². The summed E-state index contributed by atoms with van der Waals surface area (Å²) in [5.41, 5.74) is 5.27. The van der Waals surface area contributed by atoms with E-state index in [0.717, 1.165) is 67.8 Å². The Kier molecular flexibility index (Phi) is 6.39. The lowest BCUT2D eigenvalue weighted by Gasteiger charge is -2.36. The highest BCUT2D eigenvalue weighted by Crippen LogP contribution is 2.36. The molecule has 0 unspecified atom stereocenters. The Morgan fingerprint density at radius 1 is 0.875 bits per heavy atom. The Bertz CT molecular complexity index is 1090. The van der Waals surface area contributed by atoms with E-state index in [1.807, 2.05) is 36.4 Å². The minimum absolute atomic E-state index is 0.670. The number of aliphatic imine (C=N–C) groups is 1. The number of halogens is 1. The average Bonchev–Trinajstić information content (AvgIpc) is 2.99. The summed E-state index contributed by atoms with van der Waals surface area (Å²) in [6.07, 6.45) is 0. The van der Waals surface area contributed by atoms with Crippen LogP contribution in [0.5, 0.6) is 0 Å². The van der Waals surface area contributed by atoms with Gasteiger partial charge < -0.3 is 15.0 Å². The zero-order valence-corrected chi connectivity index (χ0v) is 18.8. The molecule has 0 atom stereocenters. The molecule has 32 heavy (non-hydrogen) atoms. The van der Waals surface area contributed by atoms with E-state index in [2.05, 4.69) is 51.5 Å². The molecule has 5 rings (SSSR count). The second-order valence-electron chi connectivity index (χ2n) is 8.13. The monoisotopic (exact) mass is 446 g/mol. The van der Waals surface area contributed by atoms with Crippen LogP contribution in [0.2, 0.25) is 5.02 Å². The van der Waals surface area contributed by atoms with Gasteiger partial charge in [-0.3, -0.25) is 4.90 Å². The van der Waals surface area contributed by atoms with Gasteiger partial charge in [0.1, 0.15) is 5.84 Å². The fraction of sp³-hybridized carbons (Fsp3) is 0.269. The van der Waals surface area contributed by atoms with Crippen molar-refractivity contribution in [3.63, 3.8) is 0 Å². The van der Waals surface area contributed by atoms with Crippen molar-refractivity contribution in [1.29, 1.82) is 0 Å². The SMILES string of the molecule is Clc1ccc2c(c1)N=C(N1CCN(CCOCc3ccccc3)CC1)c1ccccc1N2. The van der Waals surface area contributed by atoms with Crippen molar-refractivity contribution in [1.82, 2.24) is 9.80 Å². The van der Waals surface area contributed by atoms with E-state index in [1.165, 1.54) is 5.56 Å². The molecular formula is C26H27ClN4O. The summed E-state index contributed by atoms with van der Waals surface area (Å²) >= 11 is 6.26. The third-order valence-corrected chi connectivity index (χ3v) is 6.19.